The highest BCUT2D eigenvalue weighted by atomic mass is 32.2. The van der Waals surface area contributed by atoms with Gasteiger partial charge in [0.25, 0.3) is 0 Å². The molecule has 1 rings (SSSR count). The van der Waals surface area contributed by atoms with Crippen LogP contribution in [0.4, 0.5) is 0 Å². The number of ether oxygens (including phenoxy) is 2. The third-order valence-corrected chi connectivity index (χ3v) is 4.90. The number of hydrogen-bond donors (Lipinski definition) is 2. The van der Waals surface area contributed by atoms with E-state index in [2.05, 4.69) is 10.0 Å². The van der Waals surface area contributed by atoms with Crippen LogP contribution in [-0.2, 0) is 14.8 Å². The largest absolute Gasteiger partial charge is 0.493 e. The highest BCUT2D eigenvalue weighted by Crippen LogP contribution is 2.29. The van der Waals surface area contributed by atoms with Crippen molar-refractivity contribution in [1.29, 1.82) is 0 Å². The molecule has 1 unspecified atom stereocenters. The van der Waals surface area contributed by atoms with Crippen LogP contribution in [0.3, 0.4) is 0 Å². The first-order valence-electron chi connectivity index (χ1n) is 7.85. The van der Waals surface area contributed by atoms with Gasteiger partial charge in [-0.1, -0.05) is 13.3 Å². The van der Waals surface area contributed by atoms with Gasteiger partial charge in [-0.3, -0.25) is 4.79 Å². The maximum absolute atomic E-state index is 12.3. The van der Waals surface area contributed by atoms with Gasteiger partial charge in [0.2, 0.25) is 15.9 Å². The number of rotatable bonds is 10. The molecule has 24 heavy (non-hydrogen) atoms. The Morgan fingerprint density at radius 1 is 1.21 bits per heavy atom. The Bertz CT molecular complexity index is 646. The van der Waals surface area contributed by atoms with Crippen LogP contribution in [0.1, 0.15) is 33.1 Å². The lowest BCUT2D eigenvalue weighted by Crippen LogP contribution is -2.35. The standard InChI is InChI=1S/C16H26N2O5S/c1-5-6-12(2)18-16(19)9-10-17-24(20,21)13-7-8-14(22-3)15(11-13)23-4/h7-8,11-12,17H,5-6,9-10H2,1-4H3,(H,18,19). The lowest BCUT2D eigenvalue weighted by Gasteiger charge is -2.13. The molecule has 1 aromatic rings. The van der Waals surface area contributed by atoms with E-state index in [0.29, 0.717) is 11.5 Å². The van der Waals surface area contributed by atoms with Crippen molar-refractivity contribution in [1.82, 2.24) is 10.0 Å². The Balaban J connectivity index is 2.62. The summed E-state index contributed by atoms with van der Waals surface area (Å²) in [6, 6.07) is 4.41. The van der Waals surface area contributed by atoms with Crippen LogP contribution < -0.4 is 19.5 Å². The fourth-order valence-electron chi connectivity index (χ4n) is 2.22. The van der Waals surface area contributed by atoms with E-state index in [-0.39, 0.29) is 29.8 Å². The predicted molar refractivity (Wildman–Crippen MR) is 91.9 cm³/mol. The summed E-state index contributed by atoms with van der Waals surface area (Å²) in [4.78, 5) is 11.8. The average Bonchev–Trinajstić information content (AvgIpc) is 2.54. The molecule has 0 aliphatic heterocycles. The third-order valence-electron chi connectivity index (χ3n) is 3.44. The van der Waals surface area contributed by atoms with Crippen LogP contribution in [0.15, 0.2) is 23.1 Å². The van der Waals surface area contributed by atoms with Crippen molar-refractivity contribution in [2.45, 2.75) is 44.0 Å². The van der Waals surface area contributed by atoms with Crippen LogP contribution in [0.2, 0.25) is 0 Å². The van der Waals surface area contributed by atoms with Gasteiger partial charge < -0.3 is 14.8 Å². The van der Waals surface area contributed by atoms with Gasteiger partial charge in [-0.25, -0.2) is 13.1 Å². The molecule has 0 spiro atoms. The molecule has 1 atom stereocenters. The molecule has 0 saturated heterocycles. The Morgan fingerprint density at radius 3 is 2.46 bits per heavy atom. The van der Waals surface area contributed by atoms with Gasteiger partial charge in [0.15, 0.2) is 11.5 Å². The van der Waals surface area contributed by atoms with Gasteiger partial charge in [-0.15, -0.1) is 0 Å². The predicted octanol–water partition coefficient (Wildman–Crippen LogP) is 1.68. The summed E-state index contributed by atoms with van der Waals surface area (Å²) in [6.07, 6.45) is 1.96. The molecule has 7 nitrogen and oxygen atoms in total. The van der Waals surface area contributed by atoms with E-state index in [9.17, 15) is 13.2 Å². The molecule has 1 amide bonds. The Hall–Kier alpha value is -1.80. The van der Waals surface area contributed by atoms with Gasteiger partial charge in [0.1, 0.15) is 0 Å². The number of carbonyl (C=O) groups excluding carboxylic acids is 1. The van der Waals surface area contributed by atoms with Crippen molar-refractivity contribution >= 4 is 15.9 Å². The Labute approximate surface area is 143 Å². The van der Waals surface area contributed by atoms with E-state index in [1.54, 1.807) is 0 Å². The van der Waals surface area contributed by atoms with Gasteiger partial charge >= 0.3 is 0 Å². The smallest absolute Gasteiger partial charge is 0.240 e. The molecule has 136 valence electrons. The lowest BCUT2D eigenvalue weighted by atomic mass is 10.2. The summed E-state index contributed by atoms with van der Waals surface area (Å²) < 4.78 is 37.1. The third kappa shape index (κ3) is 6.01. The molecule has 0 aliphatic carbocycles. The van der Waals surface area contributed by atoms with E-state index < -0.39 is 10.0 Å². The van der Waals surface area contributed by atoms with Crippen LogP contribution in [0, 0.1) is 0 Å². The molecule has 0 aliphatic rings. The van der Waals surface area contributed by atoms with Crippen molar-refractivity contribution in [3.05, 3.63) is 18.2 Å². The maximum Gasteiger partial charge on any atom is 0.240 e. The minimum Gasteiger partial charge on any atom is -0.493 e. The topological polar surface area (TPSA) is 93.7 Å². The monoisotopic (exact) mass is 358 g/mol. The molecule has 0 fully saturated rings. The highest BCUT2D eigenvalue weighted by molar-refractivity contribution is 7.89. The summed E-state index contributed by atoms with van der Waals surface area (Å²) in [5.41, 5.74) is 0. The van der Waals surface area contributed by atoms with Crippen LogP contribution in [0.25, 0.3) is 0 Å². The van der Waals surface area contributed by atoms with Crippen molar-refractivity contribution < 1.29 is 22.7 Å². The number of carbonyl (C=O) groups is 1. The zero-order valence-electron chi connectivity index (χ0n) is 14.6. The minimum absolute atomic E-state index is 0.0291. The van der Waals surface area contributed by atoms with Gasteiger partial charge in [0, 0.05) is 25.1 Å². The number of benzene rings is 1. The second kappa shape index (κ2) is 9.48. The zero-order chi connectivity index (χ0) is 18.2. The van der Waals surface area contributed by atoms with E-state index in [1.807, 2.05) is 13.8 Å². The molecule has 0 aromatic heterocycles. The normalized spacial score (nSPS) is 12.5. The van der Waals surface area contributed by atoms with Gasteiger partial charge in [-0.2, -0.15) is 0 Å². The first kappa shape index (κ1) is 20.2. The summed E-state index contributed by atoms with van der Waals surface area (Å²) in [5.74, 6) is 0.596. The van der Waals surface area contributed by atoms with Crippen molar-refractivity contribution in [3.63, 3.8) is 0 Å². The Morgan fingerprint density at radius 2 is 1.88 bits per heavy atom. The van der Waals surface area contributed by atoms with E-state index in [4.69, 9.17) is 9.47 Å². The first-order valence-corrected chi connectivity index (χ1v) is 9.33. The Kier molecular flexibility index (Phi) is 8.00. The van der Waals surface area contributed by atoms with Crippen molar-refractivity contribution in [3.8, 4) is 11.5 Å². The number of nitrogens with one attached hydrogen (secondary N) is 2. The molecule has 1 aromatic carbocycles. The zero-order valence-corrected chi connectivity index (χ0v) is 15.4. The second-order valence-corrected chi connectivity index (χ2v) is 7.19. The molecule has 8 heteroatoms. The fourth-order valence-corrected chi connectivity index (χ4v) is 3.26. The number of methoxy groups -OCH3 is 2. The summed E-state index contributed by atoms with van der Waals surface area (Å²) in [5, 5.41) is 2.83. The number of sulfonamides is 1. The van der Waals surface area contributed by atoms with Gasteiger partial charge in [0.05, 0.1) is 19.1 Å². The van der Waals surface area contributed by atoms with E-state index in [0.717, 1.165) is 12.8 Å². The molecule has 0 saturated carbocycles. The summed E-state index contributed by atoms with van der Waals surface area (Å²) in [6.45, 7) is 4.00. The van der Waals surface area contributed by atoms with Crippen LogP contribution in [0.5, 0.6) is 11.5 Å². The SMILES string of the molecule is CCCC(C)NC(=O)CCNS(=O)(=O)c1ccc(OC)c(OC)c1. The molecular weight excluding hydrogens is 332 g/mol. The van der Waals surface area contributed by atoms with Crippen molar-refractivity contribution in [2.75, 3.05) is 20.8 Å². The quantitative estimate of drug-likeness (QED) is 0.664. The summed E-state index contributed by atoms with van der Waals surface area (Å²) in [7, 11) is -0.809. The van der Waals surface area contributed by atoms with Gasteiger partial charge in [-0.05, 0) is 25.5 Å². The summed E-state index contributed by atoms with van der Waals surface area (Å²) >= 11 is 0. The molecule has 0 heterocycles. The number of hydrogen-bond acceptors (Lipinski definition) is 5. The maximum atomic E-state index is 12.3. The van der Waals surface area contributed by atoms with Crippen molar-refractivity contribution in [2.24, 2.45) is 0 Å². The lowest BCUT2D eigenvalue weighted by molar-refractivity contribution is -0.121. The minimum atomic E-state index is -3.72. The molecule has 0 radical (unpaired) electrons. The molecule has 2 N–H and O–H groups in total. The highest BCUT2D eigenvalue weighted by Gasteiger charge is 2.17. The van der Waals surface area contributed by atoms with E-state index in [1.165, 1.54) is 32.4 Å². The van der Waals surface area contributed by atoms with Crippen LogP contribution in [-0.4, -0.2) is 41.1 Å². The van der Waals surface area contributed by atoms with Crippen LogP contribution >= 0.6 is 0 Å². The molecular formula is C16H26N2O5S. The average molecular weight is 358 g/mol. The fraction of sp³-hybridized carbons (Fsp3) is 0.562. The van der Waals surface area contributed by atoms with E-state index >= 15 is 0 Å². The molecule has 0 bridgehead atoms. The second-order valence-electron chi connectivity index (χ2n) is 5.42. The first-order chi connectivity index (χ1) is 11.3. The number of amides is 1.